The molecule has 6 nitrogen and oxygen atoms in total. The van der Waals surface area contributed by atoms with Gasteiger partial charge in [-0.05, 0) is 50.5 Å². The Bertz CT molecular complexity index is 1030. The molecule has 0 aromatic heterocycles. The number of hydrogen-bond donors (Lipinski definition) is 1. The predicted molar refractivity (Wildman–Crippen MR) is 105 cm³/mol. The number of sulfone groups is 1. The largest absolute Gasteiger partial charge is 0.276 e. The Morgan fingerprint density at radius 1 is 0.889 bits per heavy atom. The fourth-order valence-corrected chi connectivity index (χ4v) is 5.80. The average Bonchev–Trinajstić information content (AvgIpc) is 2.68. The molecule has 0 radical (unpaired) electrons. The molecular weight excluding hydrogens is 384 g/mol. The summed E-state index contributed by atoms with van der Waals surface area (Å²) in [6.07, 6.45) is 2.43. The van der Waals surface area contributed by atoms with E-state index in [1.54, 1.807) is 42.5 Å². The van der Waals surface area contributed by atoms with Gasteiger partial charge < -0.3 is 0 Å². The molecule has 0 aliphatic heterocycles. The Hall–Kier alpha value is -2.19. The van der Waals surface area contributed by atoms with Gasteiger partial charge in [-0.1, -0.05) is 42.3 Å². The van der Waals surface area contributed by atoms with Crippen LogP contribution in [0.25, 0.3) is 0 Å². The summed E-state index contributed by atoms with van der Waals surface area (Å²) in [6, 6.07) is 14.6. The molecule has 1 atom stereocenters. The fourth-order valence-electron chi connectivity index (χ4n) is 3.09. The molecule has 1 fully saturated rings. The second-order valence-corrected chi connectivity index (χ2v) is 10.4. The van der Waals surface area contributed by atoms with E-state index in [9.17, 15) is 16.8 Å². The molecule has 1 unspecified atom stereocenters. The summed E-state index contributed by atoms with van der Waals surface area (Å²) >= 11 is 0. The fraction of sp³-hybridized carbons (Fsp3) is 0.316. The highest BCUT2D eigenvalue weighted by molar-refractivity contribution is 7.93. The van der Waals surface area contributed by atoms with Crippen LogP contribution in [0.1, 0.15) is 31.2 Å². The maximum Gasteiger partial charge on any atom is 0.276 e. The minimum atomic E-state index is -3.84. The summed E-state index contributed by atoms with van der Waals surface area (Å²) in [4.78, 5) is 2.53. The van der Waals surface area contributed by atoms with E-state index in [1.165, 1.54) is 12.1 Å². The molecule has 1 N–H and O–H groups in total. The van der Waals surface area contributed by atoms with E-state index in [0.29, 0.717) is 18.6 Å². The summed E-state index contributed by atoms with van der Waals surface area (Å²) in [5.41, 5.74) is 1.31. The number of benzene rings is 2. The van der Waals surface area contributed by atoms with E-state index in [0.717, 1.165) is 18.4 Å². The molecule has 3 rings (SSSR count). The Morgan fingerprint density at radius 2 is 1.56 bits per heavy atom. The van der Waals surface area contributed by atoms with Gasteiger partial charge in [0.05, 0.1) is 15.5 Å². The van der Waals surface area contributed by atoms with Gasteiger partial charge in [-0.15, -0.1) is 0 Å². The number of nitrogens with zero attached hydrogens (tertiary/aromatic N) is 1. The topological polar surface area (TPSA) is 92.7 Å². The van der Waals surface area contributed by atoms with Gasteiger partial charge in [-0.2, -0.15) is 13.5 Å². The van der Waals surface area contributed by atoms with E-state index < -0.39 is 25.1 Å². The molecular formula is C19H22N2O4S2. The molecule has 1 saturated carbocycles. The molecule has 1 aliphatic rings. The number of hydrazone groups is 1. The lowest BCUT2D eigenvalue weighted by molar-refractivity contribution is 0.568. The monoisotopic (exact) mass is 406 g/mol. The maximum atomic E-state index is 13.0. The third-order valence-electron chi connectivity index (χ3n) is 4.61. The van der Waals surface area contributed by atoms with Crippen molar-refractivity contribution < 1.29 is 16.8 Å². The highest BCUT2D eigenvalue weighted by atomic mass is 32.2. The van der Waals surface area contributed by atoms with Crippen molar-refractivity contribution in [1.29, 1.82) is 0 Å². The van der Waals surface area contributed by atoms with E-state index in [-0.39, 0.29) is 9.79 Å². The molecule has 0 amide bonds. The minimum absolute atomic E-state index is 0.0933. The van der Waals surface area contributed by atoms with Crippen LogP contribution in [0.2, 0.25) is 0 Å². The van der Waals surface area contributed by atoms with Crippen LogP contribution in [0, 0.1) is 6.92 Å². The lowest BCUT2D eigenvalue weighted by Gasteiger charge is -2.24. The van der Waals surface area contributed by atoms with Gasteiger partial charge >= 0.3 is 0 Å². The molecule has 144 valence electrons. The minimum Gasteiger partial charge on any atom is -0.223 e. The first-order valence-corrected chi connectivity index (χ1v) is 11.8. The van der Waals surface area contributed by atoms with Gasteiger partial charge in [0.15, 0.2) is 9.84 Å². The SMILES string of the molecule is Cc1ccc(S(=O)(=O)N/N=C2\CCCCC2S(=O)(=O)c2ccccc2)cc1. The van der Waals surface area contributed by atoms with Gasteiger partial charge in [0.1, 0.15) is 5.25 Å². The number of aryl methyl sites for hydroxylation is 1. The Labute approximate surface area is 160 Å². The normalized spacial score (nSPS) is 19.7. The van der Waals surface area contributed by atoms with Crippen molar-refractivity contribution in [1.82, 2.24) is 4.83 Å². The van der Waals surface area contributed by atoms with Crippen molar-refractivity contribution >= 4 is 25.6 Å². The number of hydrogen-bond acceptors (Lipinski definition) is 5. The van der Waals surface area contributed by atoms with E-state index in [2.05, 4.69) is 9.93 Å². The standard InChI is InChI=1S/C19H22N2O4S2/c1-15-11-13-17(14-12-15)27(24,25)21-20-18-9-5-6-10-19(18)26(22,23)16-7-3-2-4-8-16/h2-4,7-8,11-14,19,21H,5-6,9-10H2,1H3/b20-18+. The van der Waals surface area contributed by atoms with Crippen LogP contribution in [-0.4, -0.2) is 27.8 Å². The van der Waals surface area contributed by atoms with Crippen LogP contribution in [0.15, 0.2) is 69.5 Å². The third-order valence-corrected chi connectivity index (χ3v) is 8.02. The summed E-state index contributed by atoms with van der Waals surface area (Å²) in [5.74, 6) is 0. The van der Waals surface area contributed by atoms with E-state index in [1.807, 2.05) is 6.92 Å². The zero-order valence-electron chi connectivity index (χ0n) is 15.0. The van der Waals surface area contributed by atoms with Gasteiger partial charge in [0, 0.05) is 0 Å². The molecule has 0 saturated heterocycles. The molecule has 2 aromatic carbocycles. The van der Waals surface area contributed by atoms with Crippen LogP contribution in [0.3, 0.4) is 0 Å². The Balaban J connectivity index is 1.88. The molecule has 1 aliphatic carbocycles. The van der Waals surface area contributed by atoms with E-state index in [4.69, 9.17) is 0 Å². The van der Waals surface area contributed by atoms with Gasteiger partial charge in [0.25, 0.3) is 10.0 Å². The van der Waals surface area contributed by atoms with Gasteiger partial charge in [-0.25, -0.2) is 13.2 Å². The summed E-state index contributed by atoms with van der Waals surface area (Å²) in [5, 5.41) is 3.22. The first-order chi connectivity index (χ1) is 12.8. The number of sulfonamides is 1. The van der Waals surface area contributed by atoms with Crippen molar-refractivity contribution in [2.24, 2.45) is 5.10 Å². The quantitative estimate of drug-likeness (QED) is 0.773. The van der Waals surface area contributed by atoms with Crippen LogP contribution < -0.4 is 4.83 Å². The first kappa shape index (κ1) is 19.6. The van der Waals surface area contributed by atoms with Crippen LogP contribution in [0.5, 0.6) is 0 Å². The molecule has 27 heavy (non-hydrogen) atoms. The zero-order valence-corrected chi connectivity index (χ0v) is 16.6. The van der Waals surface area contributed by atoms with Crippen LogP contribution in [-0.2, 0) is 19.9 Å². The Morgan fingerprint density at radius 3 is 2.22 bits per heavy atom. The van der Waals surface area contributed by atoms with Crippen molar-refractivity contribution in [2.45, 2.75) is 47.6 Å². The summed E-state index contributed by atoms with van der Waals surface area (Å²) in [7, 11) is -7.46. The maximum absolute atomic E-state index is 13.0. The van der Waals surface area contributed by atoms with Crippen molar-refractivity contribution in [3.05, 3.63) is 60.2 Å². The van der Waals surface area contributed by atoms with Gasteiger partial charge in [0.2, 0.25) is 0 Å². The smallest absolute Gasteiger partial charge is 0.223 e. The zero-order chi connectivity index (χ0) is 19.5. The van der Waals surface area contributed by atoms with E-state index >= 15 is 0 Å². The first-order valence-electron chi connectivity index (χ1n) is 8.74. The van der Waals surface area contributed by atoms with Crippen molar-refractivity contribution in [2.75, 3.05) is 0 Å². The van der Waals surface area contributed by atoms with Crippen molar-refractivity contribution in [3.8, 4) is 0 Å². The highest BCUT2D eigenvalue weighted by Crippen LogP contribution is 2.27. The number of rotatable bonds is 5. The second-order valence-electron chi connectivity index (χ2n) is 6.60. The average molecular weight is 407 g/mol. The highest BCUT2D eigenvalue weighted by Gasteiger charge is 2.34. The molecule has 0 heterocycles. The lowest BCUT2D eigenvalue weighted by atomic mass is 9.98. The second kappa shape index (κ2) is 7.82. The molecule has 2 aromatic rings. The van der Waals surface area contributed by atoms with Gasteiger partial charge in [-0.3, -0.25) is 0 Å². The predicted octanol–water partition coefficient (Wildman–Crippen LogP) is 3.05. The lowest BCUT2D eigenvalue weighted by Crippen LogP contribution is -2.35. The van der Waals surface area contributed by atoms with Crippen LogP contribution >= 0.6 is 0 Å². The Kier molecular flexibility index (Phi) is 5.67. The van der Waals surface area contributed by atoms with Crippen molar-refractivity contribution in [3.63, 3.8) is 0 Å². The summed E-state index contributed by atoms with van der Waals surface area (Å²) in [6.45, 7) is 1.87. The summed E-state index contributed by atoms with van der Waals surface area (Å²) < 4.78 is 50.8. The third kappa shape index (κ3) is 4.39. The molecule has 0 spiro atoms. The molecule has 8 heteroatoms. The van der Waals surface area contributed by atoms with Crippen LogP contribution in [0.4, 0.5) is 0 Å². The number of nitrogens with one attached hydrogen (secondary N) is 1. The molecule has 0 bridgehead atoms.